The summed E-state index contributed by atoms with van der Waals surface area (Å²) in [5.74, 6) is -1.03. The number of nitrogens with zero attached hydrogens (tertiary/aromatic N) is 2. The maximum atomic E-state index is 10.7. The van der Waals surface area contributed by atoms with Crippen LogP contribution in [0.1, 0.15) is 10.5 Å². The van der Waals surface area contributed by atoms with Gasteiger partial charge in [-0.05, 0) is 0 Å². The molecule has 2 heterocycles. The summed E-state index contributed by atoms with van der Waals surface area (Å²) in [6.45, 7) is 0. The van der Waals surface area contributed by atoms with E-state index in [1.807, 2.05) is 0 Å². The second kappa shape index (κ2) is 2.74. The van der Waals surface area contributed by atoms with Crippen molar-refractivity contribution in [2.45, 2.75) is 0 Å². The average Bonchev–Trinajstić information content (AvgIpc) is 2.74. The monoisotopic (exact) mass is 178 g/mol. The van der Waals surface area contributed by atoms with Crippen molar-refractivity contribution in [3.63, 3.8) is 0 Å². The van der Waals surface area contributed by atoms with Crippen LogP contribution in [0.25, 0.3) is 11.3 Å². The van der Waals surface area contributed by atoms with Crippen molar-refractivity contribution < 1.29 is 9.90 Å². The molecule has 0 spiro atoms. The fraction of sp³-hybridized carbons (Fsp3) is 0. The Labute approximate surface area is 72.6 Å². The van der Waals surface area contributed by atoms with E-state index in [9.17, 15) is 4.79 Å². The van der Waals surface area contributed by atoms with Gasteiger partial charge in [0.2, 0.25) is 0 Å². The van der Waals surface area contributed by atoms with Gasteiger partial charge in [0.25, 0.3) is 0 Å². The lowest BCUT2D eigenvalue weighted by Gasteiger charge is -1.92. The highest BCUT2D eigenvalue weighted by Crippen LogP contribution is 2.17. The maximum Gasteiger partial charge on any atom is 0.354 e. The smallest absolute Gasteiger partial charge is 0.354 e. The number of carboxylic acid groups (broad SMARTS) is 1. The van der Waals surface area contributed by atoms with Crippen molar-refractivity contribution in [1.29, 1.82) is 0 Å². The van der Waals surface area contributed by atoms with Crippen LogP contribution in [0.2, 0.25) is 0 Å². The van der Waals surface area contributed by atoms with Crippen molar-refractivity contribution in [2.75, 3.05) is 0 Å². The van der Waals surface area contributed by atoms with E-state index in [4.69, 9.17) is 5.11 Å². The zero-order valence-corrected chi connectivity index (χ0v) is 6.48. The molecule has 0 saturated heterocycles. The quantitative estimate of drug-likeness (QED) is 0.623. The van der Waals surface area contributed by atoms with Crippen molar-refractivity contribution in [2.24, 2.45) is 0 Å². The molecule has 0 unspecified atom stereocenters. The van der Waals surface area contributed by atoms with Crippen molar-refractivity contribution in [3.05, 3.63) is 24.4 Å². The highest BCUT2D eigenvalue weighted by molar-refractivity contribution is 5.92. The average molecular weight is 178 g/mol. The lowest BCUT2D eigenvalue weighted by molar-refractivity contribution is 0.0692. The SMILES string of the molecule is O=C(O)c1[nH]cnc1-c1cn[nH]c1. The first-order chi connectivity index (χ1) is 6.29. The summed E-state index contributed by atoms with van der Waals surface area (Å²) < 4.78 is 0. The molecule has 13 heavy (non-hydrogen) atoms. The largest absolute Gasteiger partial charge is 0.477 e. The zero-order chi connectivity index (χ0) is 9.26. The first kappa shape index (κ1) is 7.53. The van der Waals surface area contributed by atoms with Gasteiger partial charge in [0.05, 0.1) is 12.5 Å². The number of hydrogen-bond donors (Lipinski definition) is 3. The highest BCUT2D eigenvalue weighted by Gasteiger charge is 2.14. The van der Waals surface area contributed by atoms with Crippen molar-refractivity contribution in [1.82, 2.24) is 20.2 Å². The fourth-order valence-electron chi connectivity index (χ4n) is 1.06. The molecular weight excluding hydrogens is 172 g/mol. The molecule has 0 aromatic carbocycles. The predicted molar refractivity (Wildman–Crippen MR) is 43.1 cm³/mol. The summed E-state index contributed by atoms with van der Waals surface area (Å²) >= 11 is 0. The van der Waals surface area contributed by atoms with Crippen LogP contribution in [0.4, 0.5) is 0 Å². The Hall–Kier alpha value is -2.11. The Kier molecular flexibility index (Phi) is 1.59. The molecular formula is C7H6N4O2. The predicted octanol–water partition coefficient (Wildman–Crippen LogP) is 0.498. The molecule has 2 aromatic heterocycles. The van der Waals surface area contributed by atoms with E-state index in [2.05, 4.69) is 20.2 Å². The van der Waals surface area contributed by atoms with Gasteiger partial charge in [-0.3, -0.25) is 5.10 Å². The van der Waals surface area contributed by atoms with E-state index in [0.717, 1.165) is 0 Å². The zero-order valence-electron chi connectivity index (χ0n) is 6.48. The minimum Gasteiger partial charge on any atom is -0.477 e. The fourth-order valence-corrected chi connectivity index (χ4v) is 1.06. The topological polar surface area (TPSA) is 94.7 Å². The van der Waals surface area contributed by atoms with Crippen LogP contribution in [-0.2, 0) is 0 Å². The van der Waals surface area contributed by atoms with Gasteiger partial charge in [-0.1, -0.05) is 0 Å². The second-order valence-electron chi connectivity index (χ2n) is 2.42. The Bertz CT molecular complexity index is 417. The highest BCUT2D eigenvalue weighted by atomic mass is 16.4. The molecule has 0 amide bonds. The number of aromatic amines is 2. The summed E-state index contributed by atoms with van der Waals surface area (Å²) in [5, 5.41) is 15.0. The van der Waals surface area contributed by atoms with Crippen LogP contribution >= 0.6 is 0 Å². The molecule has 0 aliphatic rings. The molecule has 0 saturated carbocycles. The van der Waals surface area contributed by atoms with E-state index in [-0.39, 0.29) is 5.69 Å². The van der Waals surface area contributed by atoms with E-state index in [1.165, 1.54) is 12.5 Å². The van der Waals surface area contributed by atoms with E-state index in [0.29, 0.717) is 11.3 Å². The Balaban J connectivity index is 2.52. The molecule has 6 nitrogen and oxygen atoms in total. The number of hydrogen-bond acceptors (Lipinski definition) is 3. The van der Waals surface area contributed by atoms with Crippen LogP contribution in [-0.4, -0.2) is 31.2 Å². The number of carbonyl (C=O) groups is 1. The molecule has 0 aliphatic carbocycles. The Morgan fingerprint density at radius 1 is 1.54 bits per heavy atom. The number of H-pyrrole nitrogens is 2. The van der Waals surface area contributed by atoms with Gasteiger partial charge in [-0.2, -0.15) is 5.10 Å². The van der Waals surface area contributed by atoms with Crippen LogP contribution in [0, 0.1) is 0 Å². The Morgan fingerprint density at radius 2 is 2.38 bits per heavy atom. The number of imidazole rings is 1. The number of carboxylic acids is 1. The first-order valence-corrected chi connectivity index (χ1v) is 3.55. The van der Waals surface area contributed by atoms with Crippen LogP contribution in [0.3, 0.4) is 0 Å². The third-order valence-corrected chi connectivity index (χ3v) is 1.62. The molecule has 66 valence electrons. The lowest BCUT2D eigenvalue weighted by atomic mass is 10.2. The molecule has 0 aliphatic heterocycles. The molecule has 2 aromatic rings. The summed E-state index contributed by atoms with van der Waals surface area (Å²) in [6, 6.07) is 0. The third-order valence-electron chi connectivity index (χ3n) is 1.62. The van der Waals surface area contributed by atoms with Crippen molar-refractivity contribution >= 4 is 5.97 Å². The molecule has 3 N–H and O–H groups in total. The van der Waals surface area contributed by atoms with Crippen LogP contribution in [0.5, 0.6) is 0 Å². The number of nitrogens with one attached hydrogen (secondary N) is 2. The third kappa shape index (κ3) is 1.18. The molecule has 2 rings (SSSR count). The standard InChI is InChI=1S/C7H6N4O2/c12-7(13)6-5(8-3-9-6)4-1-10-11-2-4/h1-3H,(H,8,9)(H,10,11)(H,12,13). The van der Waals surface area contributed by atoms with Gasteiger partial charge in [0, 0.05) is 11.8 Å². The minimum absolute atomic E-state index is 0.0707. The van der Waals surface area contributed by atoms with Gasteiger partial charge in [-0.25, -0.2) is 9.78 Å². The lowest BCUT2D eigenvalue weighted by Crippen LogP contribution is -1.98. The van der Waals surface area contributed by atoms with Gasteiger partial charge in [0.1, 0.15) is 5.69 Å². The molecule has 0 atom stereocenters. The number of aromatic carboxylic acids is 1. The van der Waals surface area contributed by atoms with Gasteiger partial charge >= 0.3 is 5.97 Å². The summed E-state index contributed by atoms with van der Waals surface area (Å²) in [6.07, 6.45) is 4.44. The summed E-state index contributed by atoms with van der Waals surface area (Å²) in [5.41, 5.74) is 1.11. The number of aromatic nitrogens is 4. The first-order valence-electron chi connectivity index (χ1n) is 3.55. The molecule has 0 radical (unpaired) electrons. The van der Waals surface area contributed by atoms with Crippen LogP contribution < -0.4 is 0 Å². The second-order valence-corrected chi connectivity index (χ2v) is 2.42. The molecule has 0 fully saturated rings. The number of rotatable bonds is 2. The van der Waals surface area contributed by atoms with Crippen molar-refractivity contribution in [3.8, 4) is 11.3 Å². The Morgan fingerprint density at radius 3 is 3.00 bits per heavy atom. The summed E-state index contributed by atoms with van der Waals surface area (Å²) in [4.78, 5) is 17.1. The normalized spacial score (nSPS) is 10.2. The van der Waals surface area contributed by atoms with Gasteiger partial charge in [0.15, 0.2) is 5.69 Å². The van der Waals surface area contributed by atoms with E-state index >= 15 is 0 Å². The summed E-state index contributed by atoms with van der Waals surface area (Å²) in [7, 11) is 0. The van der Waals surface area contributed by atoms with E-state index in [1.54, 1.807) is 6.20 Å². The molecule has 0 bridgehead atoms. The maximum absolute atomic E-state index is 10.7. The van der Waals surface area contributed by atoms with Gasteiger partial charge < -0.3 is 10.1 Å². The minimum atomic E-state index is -1.03. The van der Waals surface area contributed by atoms with Gasteiger partial charge in [-0.15, -0.1) is 0 Å². The van der Waals surface area contributed by atoms with Crippen LogP contribution in [0.15, 0.2) is 18.7 Å². The van der Waals surface area contributed by atoms with E-state index < -0.39 is 5.97 Å². The molecule has 6 heteroatoms.